The van der Waals surface area contributed by atoms with Crippen molar-refractivity contribution in [2.24, 2.45) is 0 Å². The molecule has 0 bridgehead atoms. The Morgan fingerprint density at radius 2 is 1.71 bits per heavy atom. The van der Waals surface area contributed by atoms with E-state index < -0.39 is 0 Å². The predicted octanol–water partition coefficient (Wildman–Crippen LogP) is 5.15. The molecule has 3 aromatic carbocycles. The fourth-order valence-corrected chi connectivity index (χ4v) is 4.21. The number of hydrogen-bond donors (Lipinski definition) is 1. The minimum atomic E-state index is -0.349. The molecular formula is C26H23N3O2. The van der Waals surface area contributed by atoms with Crippen molar-refractivity contribution in [1.29, 1.82) is 0 Å². The van der Waals surface area contributed by atoms with Crippen molar-refractivity contribution in [3.8, 4) is 0 Å². The summed E-state index contributed by atoms with van der Waals surface area (Å²) in [6, 6.07) is 22.6. The maximum atomic E-state index is 12.6. The maximum absolute atomic E-state index is 12.6. The first-order valence-electron chi connectivity index (χ1n) is 10.5. The minimum Gasteiger partial charge on any atom is -0.342 e. The van der Waals surface area contributed by atoms with E-state index in [4.69, 9.17) is 0 Å². The Balaban J connectivity index is 1.52. The van der Waals surface area contributed by atoms with Crippen LogP contribution in [0.25, 0.3) is 27.8 Å². The predicted molar refractivity (Wildman–Crippen MR) is 124 cm³/mol. The fourth-order valence-electron chi connectivity index (χ4n) is 4.21. The number of carbonyl (C=O) groups is 2. The van der Waals surface area contributed by atoms with Crippen LogP contribution in [0.15, 0.2) is 78.6 Å². The summed E-state index contributed by atoms with van der Waals surface area (Å²) in [5.74, 6) is -0.266. The number of benzene rings is 3. The number of aromatic nitrogens is 1. The number of fused-ring (bicyclic) bond motifs is 2. The highest BCUT2D eigenvalue weighted by Gasteiger charge is 2.32. The van der Waals surface area contributed by atoms with E-state index in [9.17, 15) is 9.59 Å². The fraction of sp³-hybridized carbons (Fsp3) is 0.154. The van der Waals surface area contributed by atoms with Gasteiger partial charge in [0.15, 0.2) is 0 Å². The second kappa shape index (κ2) is 7.76. The normalized spacial score (nSPS) is 15.4. The Bertz CT molecular complexity index is 1350. The topological polar surface area (TPSA) is 54.3 Å². The standard InChI is InChI=1S/C26H23N3O2/c1-2-13-29-25(30)23(27-26(29)31)15-21-17-28(24-10-6-5-9-22(21)24)16-18-11-12-19-7-3-4-8-20(19)14-18/h3-12,14-15,17H,2,13,16H2,1H3,(H,27,31)/b23-15+. The third kappa shape index (κ3) is 3.48. The SMILES string of the molecule is CCCN1C(=O)N/C(=C/c2cn(Cc3ccc4ccccc4c3)c3ccccc23)C1=O. The molecular weight excluding hydrogens is 386 g/mol. The lowest BCUT2D eigenvalue weighted by Crippen LogP contribution is -2.31. The zero-order chi connectivity index (χ0) is 21.4. The summed E-state index contributed by atoms with van der Waals surface area (Å²) in [6.45, 7) is 3.09. The number of para-hydroxylation sites is 1. The largest absolute Gasteiger partial charge is 0.342 e. The van der Waals surface area contributed by atoms with Crippen molar-refractivity contribution >= 4 is 39.7 Å². The van der Waals surface area contributed by atoms with Gasteiger partial charge in [-0.1, -0.05) is 61.5 Å². The quantitative estimate of drug-likeness (QED) is 0.366. The zero-order valence-electron chi connectivity index (χ0n) is 17.3. The Hall–Kier alpha value is -3.86. The molecule has 0 atom stereocenters. The molecule has 0 spiro atoms. The number of carbonyl (C=O) groups excluding carboxylic acids is 2. The summed E-state index contributed by atoms with van der Waals surface area (Å²) in [7, 11) is 0. The van der Waals surface area contributed by atoms with Crippen LogP contribution >= 0.6 is 0 Å². The van der Waals surface area contributed by atoms with Gasteiger partial charge in [-0.2, -0.15) is 0 Å². The molecule has 5 nitrogen and oxygen atoms in total. The highest BCUT2D eigenvalue weighted by Crippen LogP contribution is 2.26. The third-order valence-electron chi connectivity index (χ3n) is 5.70. The van der Waals surface area contributed by atoms with Gasteiger partial charge in [0.25, 0.3) is 5.91 Å². The summed E-state index contributed by atoms with van der Waals surface area (Å²) in [4.78, 5) is 26.0. The van der Waals surface area contributed by atoms with Crippen LogP contribution < -0.4 is 5.32 Å². The summed E-state index contributed by atoms with van der Waals surface area (Å²) in [5, 5.41) is 6.21. The maximum Gasteiger partial charge on any atom is 0.329 e. The molecule has 0 unspecified atom stereocenters. The Morgan fingerprint density at radius 3 is 2.55 bits per heavy atom. The monoisotopic (exact) mass is 409 g/mol. The summed E-state index contributed by atoms with van der Waals surface area (Å²) in [5.41, 5.74) is 3.54. The van der Waals surface area contributed by atoms with Gasteiger partial charge in [-0.15, -0.1) is 0 Å². The van der Waals surface area contributed by atoms with Gasteiger partial charge >= 0.3 is 6.03 Å². The molecule has 3 amide bonds. The van der Waals surface area contributed by atoms with Crippen LogP contribution in [0.3, 0.4) is 0 Å². The van der Waals surface area contributed by atoms with Crippen LogP contribution in [0, 0.1) is 0 Å². The summed E-state index contributed by atoms with van der Waals surface area (Å²) >= 11 is 0. The average molecular weight is 409 g/mol. The number of urea groups is 1. The van der Waals surface area contributed by atoms with E-state index in [-0.39, 0.29) is 11.9 Å². The molecule has 1 N–H and O–H groups in total. The van der Waals surface area contributed by atoms with Crippen molar-refractivity contribution in [1.82, 2.24) is 14.8 Å². The average Bonchev–Trinajstić information content (AvgIpc) is 3.26. The zero-order valence-corrected chi connectivity index (χ0v) is 17.3. The van der Waals surface area contributed by atoms with Crippen molar-refractivity contribution in [2.45, 2.75) is 19.9 Å². The molecule has 4 aromatic rings. The van der Waals surface area contributed by atoms with Gasteiger partial charge < -0.3 is 9.88 Å². The van der Waals surface area contributed by atoms with E-state index in [1.807, 2.05) is 31.2 Å². The van der Waals surface area contributed by atoms with Crippen molar-refractivity contribution in [3.63, 3.8) is 0 Å². The lowest BCUT2D eigenvalue weighted by Gasteiger charge is -2.08. The molecule has 1 saturated heterocycles. The summed E-state index contributed by atoms with van der Waals surface area (Å²) < 4.78 is 2.19. The number of imide groups is 1. The van der Waals surface area contributed by atoms with Gasteiger partial charge in [-0.25, -0.2) is 4.79 Å². The van der Waals surface area contributed by atoms with E-state index in [2.05, 4.69) is 58.5 Å². The first-order chi connectivity index (χ1) is 15.1. The smallest absolute Gasteiger partial charge is 0.329 e. The molecule has 0 aliphatic carbocycles. The van der Waals surface area contributed by atoms with Gasteiger partial charge in [0.05, 0.1) is 0 Å². The number of nitrogens with zero attached hydrogens (tertiary/aromatic N) is 2. The van der Waals surface area contributed by atoms with Gasteiger partial charge in [-0.3, -0.25) is 9.69 Å². The molecule has 1 aromatic heterocycles. The van der Waals surface area contributed by atoms with E-state index in [0.29, 0.717) is 12.2 Å². The molecule has 5 heteroatoms. The number of rotatable bonds is 5. The molecule has 31 heavy (non-hydrogen) atoms. The summed E-state index contributed by atoms with van der Waals surface area (Å²) in [6.07, 6.45) is 4.57. The van der Waals surface area contributed by atoms with Gasteiger partial charge in [0.1, 0.15) is 5.70 Å². The highest BCUT2D eigenvalue weighted by atomic mass is 16.2. The number of hydrogen-bond acceptors (Lipinski definition) is 2. The van der Waals surface area contributed by atoms with Gasteiger partial charge in [0.2, 0.25) is 0 Å². The van der Waals surface area contributed by atoms with Crippen LogP contribution in [0.1, 0.15) is 24.5 Å². The van der Waals surface area contributed by atoms with Crippen molar-refractivity contribution in [2.75, 3.05) is 6.54 Å². The molecule has 1 aliphatic heterocycles. The Kier molecular flexibility index (Phi) is 4.79. The lowest BCUT2D eigenvalue weighted by atomic mass is 10.1. The van der Waals surface area contributed by atoms with E-state index >= 15 is 0 Å². The Morgan fingerprint density at radius 1 is 0.935 bits per heavy atom. The third-order valence-corrected chi connectivity index (χ3v) is 5.70. The Labute approximate surface area is 180 Å². The second-order valence-electron chi connectivity index (χ2n) is 7.86. The number of nitrogens with one attached hydrogen (secondary N) is 1. The van der Waals surface area contributed by atoms with E-state index in [1.165, 1.54) is 21.2 Å². The van der Waals surface area contributed by atoms with Crippen LogP contribution in [-0.4, -0.2) is 28.0 Å². The molecule has 154 valence electrons. The lowest BCUT2D eigenvalue weighted by molar-refractivity contribution is -0.122. The number of amides is 3. The van der Waals surface area contributed by atoms with Crippen LogP contribution in [-0.2, 0) is 11.3 Å². The molecule has 2 heterocycles. The molecule has 1 fully saturated rings. The van der Waals surface area contributed by atoms with E-state index in [0.717, 1.165) is 29.4 Å². The highest BCUT2D eigenvalue weighted by molar-refractivity contribution is 6.14. The van der Waals surface area contributed by atoms with Crippen LogP contribution in [0.5, 0.6) is 0 Å². The van der Waals surface area contributed by atoms with Crippen molar-refractivity contribution < 1.29 is 9.59 Å². The van der Waals surface area contributed by atoms with Gasteiger partial charge in [0, 0.05) is 35.8 Å². The first kappa shape index (κ1) is 19.1. The molecule has 0 radical (unpaired) electrons. The van der Waals surface area contributed by atoms with E-state index in [1.54, 1.807) is 6.08 Å². The minimum absolute atomic E-state index is 0.266. The second-order valence-corrected chi connectivity index (χ2v) is 7.86. The van der Waals surface area contributed by atoms with Crippen LogP contribution in [0.4, 0.5) is 4.79 Å². The molecule has 5 rings (SSSR count). The first-order valence-corrected chi connectivity index (χ1v) is 10.5. The van der Waals surface area contributed by atoms with Gasteiger partial charge in [-0.05, 0) is 41.0 Å². The van der Waals surface area contributed by atoms with Crippen LogP contribution in [0.2, 0.25) is 0 Å². The molecule has 0 saturated carbocycles. The molecule has 1 aliphatic rings. The van der Waals surface area contributed by atoms with Crippen molar-refractivity contribution in [3.05, 3.63) is 89.8 Å².